The first-order chi connectivity index (χ1) is 9.85. The summed E-state index contributed by atoms with van der Waals surface area (Å²) >= 11 is 0. The topological polar surface area (TPSA) is 168 Å². The van der Waals surface area contributed by atoms with Gasteiger partial charge in [-0.3, -0.25) is 19.1 Å². The smallest absolute Gasteiger partial charge is 0.331 e. The summed E-state index contributed by atoms with van der Waals surface area (Å²) in [7, 11) is 0. The number of aliphatic hydroxyl groups excluding tert-OH is 3. The molecule has 1 aliphatic heterocycles. The fourth-order valence-electron chi connectivity index (χ4n) is 1.93. The summed E-state index contributed by atoms with van der Waals surface area (Å²) in [6, 6.07) is 0. The predicted octanol–water partition coefficient (Wildman–Crippen LogP) is -2.78. The number of hydrogen-bond acceptors (Lipinski definition) is 7. The Labute approximate surface area is 116 Å². The van der Waals surface area contributed by atoms with Gasteiger partial charge in [-0.05, 0) is 0 Å². The van der Waals surface area contributed by atoms with E-state index in [0.717, 1.165) is 10.8 Å². The Morgan fingerprint density at radius 3 is 2.67 bits per heavy atom. The molecule has 1 aromatic rings. The lowest BCUT2D eigenvalue weighted by Gasteiger charge is -2.18. The van der Waals surface area contributed by atoms with Crippen LogP contribution in [-0.2, 0) is 16.0 Å². The van der Waals surface area contributed by atoms with E-state index in [-0.39, 0.29) is 11.3 Å². The summed E-state index contributed by atoms with van der Waals surface area (Å²) < 4.78 is 5.85. The summed E-state index contributed by atoms with van der Waals surface area (Å²) in [5.74, 6) is -1.69. The Hall–Kier alpha value is -2.59. The van der Waals surface area contributed by atoms with Crippen molar-refractivity contribution in [1.29, 1.82) is 0 Å². The van der Waals surface area contributed by atoms with Crippen LogP contribution in [0.5, 0.6) is 0 Å². The summed E-state index contributed by atoms with van der Waals surface area (Å²) in [5, 5.41) is 28.3. The lowest BCUT2D eigenvalue weighted by molar-refractivity contribution is -0.117. The van der Waals surface area contributed by atoms with Crippen molar-refractivity contribution in [2.45, 2.75) is 18.8 Å². The maximum absolute atomic E-state index is 11.7. The number of aromatic amines is 1. The van der Waals surface area contributed by atoms with Crippen LogP contribution in [0.2, 0.25) is 0 Å². The van der Waals surface area contributed by atoms with Gasteiger partial charge in [0.25, 0.3) is 5.56 Å². The van der Waals surface area contributed by atoms with Crippen molar-refractivity contribution in [3.8, 4) is 0 Å². The number of H-pyrrole nitrogens is 1. The number of nitrogens with zero attached hydrogens (tertiary/aromatic N) is 1. The first-order valence-electron chi connectivity index (χ1n) is 5.85. The van der Waals surface area contributed by atoms with Gasteiger partial charge in [-0.1, -0.05) is 0 Å². The molecule has 1 aromatic heterocycles. The Morgan fingerprint density at radius 2 is 2.14 bits per heavy atom. The first kappa shape index (κ1) is 14.8. The molecule has 6 N–H and O–H groups in total. The number of carbonyl (C=O) groups is 1. The van der Waals surface area contributed by atoms with Crippen molar-refractivity contribution in [2.75, 3.05) is 6.61 Å². The van der Waals surface area contributed by atoms with Crippen LogP contribution < -0.4 is 17.0 Å². The van der Waals surface area contributed by atoms with Crippen LogP contribution in [0.25, 0.3) is 0 Å². The van der Waals surface area contributed by atoms with Crippen LogP contribution in [0, 0.1) is 0 Å². The van der Waals surface area contributed by atoms with Gasteiger partial charge in [-0.15, -0.1) is 0 Å². The van der Waals surface area contributed by atoms with Gasteiger partial charge in [-0.2, -0.15) is 0 Å². The fourth-order valence-corrected chi connectivity index (χ4v) is 1.93. The molecular formula is C11H13N3O7. The van der Waals surface area contributed by atoms with E-state index in [4.69, 9.17) is 15.6 Å². The zero-order chi connectivity index (χ0) is 15.7. The van der Waals surface area contributed by atoms with Crippen molar-refractivity contribution in [3.63, 3.8) is 0 Å². The van der Waals surface area contributed by atoms with E-state index >= 15 is 0 Å². The molecule has 0 spiro atoms. The molecule has 2 rings (SSSR count). The molecular weight excluding hydrogens is 286 g/mol. The number of amides is 1. The van der Waals surface area contributed by atoms with Crippen molar-refractivity contribution in [2.24, 2.45) is 5.73 Å². The second kappa shape index (κ2) is 5.42. The summed E-state index contributed by atoms with van der Waals surface area (Å²) in [6.45, 7) is -0.675. The highest BCUT2D eigenvalue weighted by atomic mass is 16.5. The fraction of sp³-hybridized carbons (Fsp3) is 0.364. The quantitative estimate of drug-likeness (QED) is 0.400. The zero-order valence-corrected chi connectivity index (χ0v) is 10.6. The maximum Gasteiger partial charge on any atom is 0.331 e. The molecule has 0 bridgehead atoms. The molecule has 10 heteroatoms. The normalized spacial score (nSPS) is 21.4. The second-order valence-corrected chi connectivity index (χ2v) is 4.38. The van der Waals surface area contributed by atoms with E-state index in [2.05, 4.69) is 0 Å². The number of carbonyl (C=O) groups excluding carboxylic acids is 1. The number of nitrogens with one attached hydrogen (secondary N) is 1. The summed E-state index contributed by atoms with van der Waals surface area (Å²) in [5.41, 5.74) is 3.18. The number of rotatable bonds is 4. The van der Waals surface area contributed by atoms with E-state index in [1.54, 1.807) is 0 Å². The van der Waals surface area contributed by atoms with Gasteiger partial charge in [0.05, 0.1) is 6.42 Å². The number of primary amides is 1. The molecule has 114 valence electrons. The standard InChI is InChI=1S/C11H13N3O7/c12-6(16)1-4-2-14(11(20)13-9(4)19)10-8(18)7(17)5(3-15)21-10/h2,8,10,15,17-18H,1,3H2,(H2,12,16)(H,13,19,20)/t8?,10-/m1/s1. The Balaban J connectivity index is 2.44. The largest absolute Gasteiger partial charge is 0.506 e. The van der Waals surface area contributed by atoms with Gasteiger partial charge in [0.2, 0.25) is 12.1 Å². The number of aromatic nitrogens is 2. The molecule has 0 saturated carbocycles. The molecule has 0 aromatic carbocycles. The highest BCUT2D eigenvalue weighted by molar-refractivity contribution is 5.76. The van der Waals surface area contributed by atoms with Crippen molar-refractivity contribution in [1.82, 2.24) is 9.55 Å². The monoisotopic (exact) mass is 299 g/mol. The van der Waals surface area contributed by atoms with E-state index in [0.29, 0.717) is 0 Å². The van der Waals surface area contributed by atoms with Crippen molar-refractivity contribution < 1.29 is 24.9 Å². The molecule has 10 nitrogen and oxygen atoms in total. The number of hydrogen-bond donors (Lipinski definition) is 5. The SMILES string of the molecule is NC(=O)Cc1cn([C@@H]2OC(CO)=C(O)C2O)c(=O)[nH]c1=O. The molecule has 1 aliphatic rings. The van der Waals surface area contributed by atoms with Crippen LogP contribution in [0.4, 0.5) is 0 Å². The van der Waals surface area contributed by atoms with Gasteiger partial charge in [-0.25, -0.2) is 4.79 Å². The van der Waals surface area contributed by atoms with E-state index in [1.807, 2.05) is 4.98 Å². The molecule has 2 heterocycles. The first-order valence-corrected chi connectivity index (χ1v) is 5.85. The van der Waals surface area contributed by atoms with Crippen LogP contribution >= 0.6 is 0 Å². The molecule has 1 amide bonds. The third-order valence-electron chi connectivity index (χ3n) is 2.92. The van der Waals surface area contributed by atoms with Crippen molar-refractivity contribution in [3.05, 3.63) is 44.1 Å². The lowest BCUT2D eigenvalue weighted by Crippen LogP contribution is -2.38. The minimum atomic E-state index is -1.60. The third-order valence-corrected chi connectivity index (χ3v) is 2.92. The Morgan fingerprint density at radius 1 is 1.48 bits per heavy atom. The van der Waals surface area contributed by atoms with Gasteiger partial charge in [0.1, 0.15) is 6.61 Å². The average molecular weight is 299 g/mol. The van der Waals surface area contributed by atoms with Crippen molar-refractivity contribution >= 4 is 5.91 Å². The highest BCUT2D eigenvalue weighted by Crippen LogP contribution is 2.29. The molecule has 0 saturated heterocycles. The van der Waals surface area contributed by atoms with E-state index in [1.165, 1.54) is 0 Å². The van der Waals surface area contributed by atoms with Crippen LogP contribution in [0.15, 0.2) is 27.3 Å². The number of ether oxygens (including phenoxy) is 1. The van der Waals surface area contributed by atoms with Crippen LogP contribution in [0.1, 0.15) is 11.8 Å². The number of aliphatic hydroxyl groups is 3. The summed E-state index contributed by atoms with van der Waals surface area (Å²) in [4.78, 5) is 36.1. The zero-order valence-electron chi connectivity index (χ0n) is 10.6. The van der Waals surface area contributed by atoms with E-state index < -0.39 is 48.3 Å². The van der Waals surface area contributed by atoms with Gasteiger partial charge in [0.15, 0.2) is 17.6 Å². The molecule has 2 atom stereocenters. The molecule has 0 fully saturated rings. The molecule has 0 radical (unpaired) electrons. The molecule has 21 heavy (non-hydrogen) atoms. The van der Waals surface area contributed by atoms with Crippen LogP contribution in [-0.4, -0.2) is 43.5 Å². The second-order valence-electron chi connectivity index (χ2n) is 4.38. The van der Waals surface area contributed by atoms with Gasteiger partial charge >= 0.3 is 5.69 Å². The third kappa shape index (κ3) is 2.66. The Bertz CT molecular complexity index is 717. The molecule has 0 aliphatic carbocycles. The highest BCUT2D eigenvalue weighted by Gasteiger charge is 2.37. The maximum atomic E-state index is 11.7. The summed E-state index contributed by atoms with van der Waals surface area (Å²) in [6.07, 6.45) is -2.38. The van der Waals surface area contributed by atoms with Gasteiger partial charge in [0, 0.05) is 11.8 Å². The minimum Gasteiger partial charge on any atom is -0.506 e. The van der Waals surface area contributed by atoms with Crippen LogP contribution in [0.3, 0.4) is 0 Å². The minimum absolute atomic E-state index is 0.102. The van der Waals surface area contributed by atoms with Gasteiger partial charge < -0.3 is 25.8 Å². The average Bonchev–Trinajstić information content (AvgIpc) is 2.69. The Kier molecular flexibility index (Phi) is 3.82. The molecule has 1 unspecified atom stereocenters. The predicted molar refractivity (Wildman–Crippen MR) is 67.1 cm³/mol. The lowest BCUT2D eigenvalue weighted by atomic mass is 10.2. The van der Waals surface area contributed by atoms with E-state index in [9.17, 15) is 24.6 Å². The number of nitrogens with two attached hydrogens (primary N) is 1.